The molecule has 4 aromatic rings. The number of anilines is 2. The van der Waals surface area contributed by atoms with Gasteiger partial charge in [0.25, 0.3) is 11.6 Å². The number of rotatable bonds is 5. The van der Waals surface area contributed by atoms with E-state index in [9.17, 15) is 19.7 Å². The highest BCUT2D eigenvalue weighted by Gasteiger charge is 2.20. The van der Waals surface area contributed by atoms with Crippen LogP contribution in [-0.4, -0.2) is 21.7 Å². The first-order chi connectivity index (χ1) is 14.4. The van der Waals surface area contributed by atoms with Crippen LogP contribution in [0.1, 0.15) is 17.5 Å². The summed E-state index contributed by atoms with van der Waals surface area (Å²) in [4.78, 5) is 38.8. The van der Waals surface area contributed by atoms with E-state index in [1.165, 1.54) is 36.5 Å². The van der Waals surface area contributed by atoms with Crippen LogP contribution in [0.15, 0.2) is 59.0 Å². The molecule has 0 radical (unpaired) electrons. The zero-order valence-corrected chi connectivity index (χ0v) is 16.4. The van der Waals surface area contributed by atoms with Crippen LogP contribution in [0.5, 0.6) is 0 Å². The molecule has 0 aliphatic heterocycles. The number of aromatic nitrogens is 1. The van der Waals surface area contributed by atoms with Crippen LogP contribution in [0.4, 0.5) is 16.5 Å². The average molecular weight is 422 g/mol. The molecule has 0 saturated carbocycles. The molecule has 9 nitrogen and oxygen atoms in total. The number of nitro groups is 1. The summed E-state index contributed by atoms with van der Waals surface area (Å²) in [6, 6.07) is 14.3. The van der Waals surface area contributed by atoms with Gasteiger partial charge < -0.3 is 9.73 Å². The maximum atomic E-state index is 12.5. The number of nitro benzene ring substituents is 1. The number of thiazole rings is 1. The highest BCUT2D eigenvalue weighted by molar-refractivity contribution is 7.22. The Labute approximate surface area is 173 Å². The Balaban J connectivity index is 1.55. The fraction of sp³-hybridized carbons (Fsp3) is 0.0500. The first-order valence-electron chi connectivity index (χ1n) is 8.74. The van der Waals surface area contributed by atoms with Gasteiger partial charge in [-0.2, -0.15) is 0 Å². The molecule has 0 fully saturated rings. The Morgan fingerprint density at radius 2 is 1.90 bits per heavy atom. The van der Waals surface area contributed by atoms with Crippen LogP contribution in [-0.2, 0) is 4.79 Å². The summed E-state index contributed by atoms with van der Waals surface area (Å²) in [7, 11) is 0. The lowest BCUT2D eigenvalue weighted by Gasteiger charge is -2.00. The summed E-state index contributed by atoms with van der Waals surface area (Å²) in [5.74, 6) is -0.487. The topological polar surface area (TPSA) is 127 Å². The number of nitrogens with one attached hydrogen (secondary N) is 2. The Hall–Kier alpha value is -4.05. The van der Waals surface area contributed by atoms with Crippen molar-refractivity contribution in [2.75, 3.05) is 10.6 Å². The van der Waals surface area contributed by atoms with Gasteiger partial charge in [0.15, 0.2) is 10.9 Å². The van der Waals surface area contributed by atoms with Gasteiger partial charge >= 0.3 is 0 Å². The quantitative estimate of drug-likeness (QED) is 0.355. The van der Waals surface area contributed by atoms with Crippen molar-refractivity contribution in [1.82, 2.24) is 4.98 Å². The lowest BCUT2D eigenvalue weighted by molar-refractivity contribution is -0.384. The predicted molar refractivity (Wildman–Crippen MR) is 113 cm³/mol. The third kappa shape index (κ3) is 3.89. The third-order valence-electron chi connectivity index (χ3n) is 4.13. The second kappa shape index (κ2) is 7.76. The number of carbonyl (C=O) groups excluding carboxylic acids is 2. The molecule has 0 aliphatic rings. The highest BCUT2D eigenvalue weighted by atomic mass is 32.1. The molecule has 2 amide bonds. The van der Waals surface area contributed by atoms with Gasteiger partial charge in [0.1, 0.15) is 5.76 Å². The number of hydrogen-bond donors (Lipinski definition) is 2. The molecule has 0 spiro atoms. The van der Waals surface area contributed by atoms with E-state index >= 15 is 0 Å². The van der Waals surface area contributed by atoms with Gasteiger partial charge in [0, 0.05) is 18.7 Å². The summed E-state index contributed by atoms with van der Waals surface area (Å²) < 4.78 is 6.33. The van der Waals surface area contributed by atoms with Crippen molar-refractivity contribution in [3.63, 3.8) is 0 Å². The van der Waals surface area contributed by atoms with Gasteiger partial charge in [0.05, 0.1) is 20.7 Å². The number of para-hydroxylation sites is 1. The first kappa shape index (κ1) is 19.3. The molecule has 0 atom stereocenters. The fourth-order valence-corrected chi connectivity index (χ4v) is 3.76. The standard InChI is InChI=1S/C20H14N4O5S/c1-11(25)21-12-6-7-14-18(10-12)30-20(22-14)23-19(26)17-9-8-16(29-17)13-4-2-3-5-15(13)24(27)28/h2-10H,1H3,(H,21,25)(H,22,23,26). The van der Waals surface area contributed by atoms with E-state index in [1.807, 2.05) is 0 Å². The molecule has 4 rings (SSSR count). The Kier molecular flexibility index (Phi) is 4.98. The van der Waals surface area contributed by atoms with Crippen LogP contribution in [0.2, 0.25) is 0 Å². The van der Waals surface area contributed by atoms with Crippen molar-refractivity contribution in [2.45, 2.75) is 6.92 Å². The van der Waals surface area contributed by atoms with E-state index in [0.29, 0.717) is 16.3 Å². The highest BCUT2D eigenvalue weighted by Crippen LogP contribution is 2.32. The minimum absolute atomic E-state index is 0.00124. The summed E-state index contributed by atoms with van der Waals surface area (Å²) in [5.41, 5.74) is 1.48. The zero-order valence-electron chi connectivity index (χ0n) is 15.5. The van der Waals surface area contributed by atoms with Crippen LogP contribution in [0, 0.1) is 10.1 Å². The SMILES string of the molecule is CC(=O)Nc1ccc2nc(NC(=O)c3ccc(-c4ccccc4[N+](=O)[O-])o3)sc2c1. The summed E-state index contributed by atoms with van der Waals surface area (Å²) in [5, 5.41) is 16.9. The Morgan fingerprint density at radius 3 is 2.67 bits per heavy atom. The minimum atomic E-state index is -0.527. The van der Waals surface area contributed by atoms with E-state index in [2.05, 4.69) is 15.6 Å². The molecule has 2 aromatic carbocycles. The maximum absolute atomic E-state index is 12.5. The number of amides is 2. The number of fused-ring (bicyclic) bond motifs is 1. The van der Waals surface area contributed by atoms with Crippen molar-refractivity contribution in [2.24, 2.45) is 0 Å². The molecule has 0 bridgehead atoms. The average Bonchev–Trinajstić information content (AvgIpc) is 3.34. The third-order valence-corrected chi connectivity index (χ3v) is 5.06. The lowest BCUT2D eigenvalue weighted by atomic mass is 10.1. The number of furan rings is 1. The Bertz CT molecular complexity index is 1290. The van der Waals surface area contributed by atoms with Gasteiger partial charge in [-0.3, -0.25) is 25.0 Å². The van der Waals surface area contributed by atoms with Gasteiger partial charge in [-0.05, 0) is 36.4 Å². The van der Waals surface area contributed by atoms with Gasteiger partial charge in [-0.25, -0.2) is 4.98 Å². The largest absolute Gasteiger partial charge is 0.451 e. The first-order valence-corrected chi connectivity index (χ1v) is 9.55. The van der Waals surface area contributed by atoms with E-state index in [1.54, 1.807) is 36.4 Å². The molecule has 0 unspecified atom stereocenters. The van der Waals surface area contributed by atoms with Crippen LogP contribution >= 0.6 is 11.3 Å². The molecule has 2 heterocycles. The summed E-state index contributed by atoms with van der Waals surface area (Å²) in [6.45, 7) is 1.42. The number of hydrogen-bond acceptors (Lipinski definition) is 7. The number of nitrogens with zero attached hydrogens (tertiary/aromatic N) is 2. The lowest BCUT2D eigenvalue weighted by Crippen LogP contribution is -2.10. The number of benzene rings is 2. The molecule has 2 N–H and O–H groups in total. The van der Waals surface area contributed by atoms with E-state index in [4.69, 9.17) is 4.42 Å². The van der Waals surface area contributed by atoms with Crippen molar-refractivity contribution in [3.05, 3.63) is 70.5 Å². The molecule has 0 saturated heterocycles. The molecule has 30 heavy (non-hydrogen) atoms. The van der Waals surface area contributed by atoms with Crippen LogP contribution in [0.3, 0.4) is 0 Å². The molecule has 2 aromatic heterocycles. The van der Waals surface area contributed by atoms with E-state index in [0.717, 1.165) is 4.70 Å². The second-order valence-electron chi connectivity index (χ2n) is 6.27. The monoisotopic (exact) mass is 422 g/mol. The smallest absolute Gasteiger partial charge is 0.293 e. The van der Waals surface area contributed by atoms with Crippen molar-refractivity contribution >= 4 is 49.9 Å². The van der Waals surface area contributed by atoms with Gasteiger partial charge in [-0.15, -0.1) is 0 Å². The second-order valence-corrected chi connectivity index (χ2v) is 7.31. The van der Waals surface area contributed by atoms with Crippen LogP contribution < -0.4 is 10.6 Å². The fourth-order valence-electron chi connectivity index (χ4n) is 2.86. The maximum Gasteiger partial charge on any atom is 0.293 e. The minimum Gasteiger partial charge on any atom is -0.451 e. The van der Waals surface area contributed by atoms with Gasteiger partial charge in [0.2, 0.25) is 5.91 Å². The molecule has 150 valence electrons. The van der Waals surface area contributed by atoms with Crippen molar-refractivity contribution in [3.8, 4) is 11.3 Å². The summed E-state index contributed by atoms with van der Waals surface area (Å²) >= 11 is 1.25. The molecular formula is C20H14N4O5S. The normalized spacial score (nSPS) is 10.7. The number of carbonyl (C=O) groups is 2. The van der Waals surface area contributed by atoms with E-state index in [-0.39, 0.29) is 28.7 Å². The molecule has 10 heteroatoms. The van der Waals surface area contributed by atoms with Crippen molar-refractivity contribution in [1.29, 1.82) is 0 Å². The van der Waals surface area contributed by atoms with Crippen LogP contribution in [0.25, 0.3) is 21.5 Å². The molecular weight excluding hydrogens is 408 g/mol. The molecule has 0 aliphatic carbocycles. The Morgan fingerprint density at radius 1 is 1.10 bits per heavy atom. The van der Waals surface area contributed by atoms with Gasteiger partial charge in [-0.1, -0.05) is 23.5 Å². The predicted octanol–water partition coefficient (Wildman–Crippen LogP) is 4.68. The summed E-state index contributed by atoms with van der Waals surface area (Å²) in [6.07, 6.45) is 0. The van der Waals surface area contributed by atoms with Crippen molar-refractivity contribution < 1.29 is 18.9 Å². The zero-order chi connectivity index (χ0) is 21.3. The van der Waals surface area contributed by atoms with E-state index < -0.39 is 10.8 Å².